The zero-order chi connectivity index (χ0) is 16.0. The predicted molar refractivity (Wildman–Crippen MR) is 79.3 cm³/mol. The monoisotopic (exact) mass is 326 g/mol. The van der Waals surface area contributed by atoms with Crippen LogP contribution in [0.25, 0.3) is 11.0 Å². The second-order valence-corrected chi connectivity index (χ2v) is 5.41. The van der Waals surface area contributed by atoms with Crippen LogP contribution >= 0.6 is 12.2 Å². The molecule has 2 aromatic heterocycles. The van der Waals surface area contributed by atoms with Gasteiger partial charge in [-0.3, -0.25) is 4.79 Å². The number of ether oxygens (including phenoxy) is 1. The molecule has 0 amide bonds. The summed E-state index contributed by atoms with van der Waals surface area (Å²) in [6.45, 7) is -0.454. The molecule has 1 fully saturated rings. The van der Waals surface area contributed by atoms with E-state index >= 15 is 0 Å². The van der Waals surface area contributed by atoms with E-state index in [0.717, 1.165) is 0 Å². The SMILES string of the molecule is NC(=S)c1cn([C@H]2O[C@@H](CO)[C@@H](O)[C@@H]2O)c2nc[nH]c(=O)c12. The minimum absolute atomic E-state index is 0.00556. The number of nitrogens with zero attached hydrogens (tertiary/aromatic N) is 2. The second kappa shape index (κ2) is 5.41. The van der Waals surface area contributed by atoms with Gasteiger partial charge in [0.2, 0.25) is 0 Å². The van der Waals surface area contributed by atoms with E-state index in [1.165, 1.54) is 17.1 Å². The summed E-state index contributed by atoms with van der Waals surface area (Å²) in [5, 5.41) is 29.3. The summed E-state index contributed by atoms with van der Waals surface area (Å²) >= 11 is 4.93. The van der Waals surface area contributed by atoms with Crippen molar-refractivity contribution in [2.45, 2.75) is 24.5 Å². The van der Waals surface area contributed by atoms with Crippen LogP contribution in [0.4, 0.5) is 0 Å². The third kappa shape index (κ3) is 2.12. The summed E-state index contributed by atoms with van der Waals surface area (Å²) in [6, 6.07) is 0. The number of thiocarbonyl (C=S) groups is 1. The van der Waals surface area contributed by atoms with E-state index < -0.39 is 36.7 Å². The highest BCUT2D eigenvalue weighted by molar-refractivity contribution is 7.80. The van der Waals surface area contributed by atoms with Gasteiger partial charge >= 0.3 is 0 Å². The van der Waals surface area contributed by atoms with Gasteiger partial charge in [-0.1, -0.05) is 12.2 Å². The van der Waals surface area contributed by atoms with Crippen molar-refractivity contribution >= 4 is 28.2 Å². The van der Waals surface area contributed by atoms with E-state index in [0.29, 0.717) is 0 Å². The zero-order valence-electron chi connectivity index (χ0n) is 11.2. The van der Waals surface area contributed by atoms with Crippen molar-refractivity contribution in [3.63, 3.8) is 0 Å². The van der Waals surface area contributed by atoms with Crippen LogP contribution in [0.15, 0.2) is 17.3 Å². The predicted octanol–water partition coefficient (Wildman–Crippen LogP) is -2.03. The maximum Gasteiger partial charge on any atom is 0.260 e. The van der Waals surface area contributed by atoms with Gasteiger partial charge in [-0.05, 0) is 0 Å². The van der Waals surface area contributed by atoms with Gasteiger partial charge in [-0.15, -0.1) is 0 Å². The van der Waals surface area contributed by atoms with Crippen LogP contribution in [0.5, 0.6) is 0 Å². The molecule has 10 heteroatoms. The Kier molecular flexibility index (Phi) is 3.70. The van der Waals surface area contributed by atoms with Crippen molar-refractivity contribution < 1.29 is 20.1 Å². The number of rotatable bonds is 3. The Morgan fingerprint density at radius 3 is 2.82 bits per heavy atom. The molecule has 3 heterocycles. The Morgan fingerprint density at radius 2 is 2.23 bits per heavy atom. The largest absolute Gasteiger partial charge is 0.394 e. The highest BCUT2D eigenvalue weighted by atomic mass is 32.1. The topological polar surface area (TPSA) is 147 Å². The average molecular weight is 326 g/mol. The van der Waals surface area contributed by atoms with Gasteiger partial charge in [0.25, 0.3) is 5.56 Å². The van der Waals surface area contributed by atoms with Crippen LogP contribution in [0.1, 0.15) is 11.8 Å². The highest BCUT2D eigenvalue weighted by Crippen LogP contribution is 2.32. The molecule has 0 spiro atoms. The minimum atomic E-state index is -1.30. The van der Waals surface area contributed by atoms with Crippen LogP contribution in [0, 0.1) is 0 Å². The number of H-pyrrole nitrogens is 1. The molecule has 4 atom stereocenters. The number of nitrogens with two attached hydrogens (primary N) is 1. The molecular weight excluding hydrogens is 312 g/mol. The first-order valence-electron chi connectivity index (χ1n) is 6.46. The molecule has 1 saturated heterocycles. The first-order chi connectivity index (χ1) is 10.5. The molecule has 0 unspecified atom stereocenters. The van der Waals surface area contributed by atoms with E-state index in [2.05, 4.69) is 9.97 Å². The van der Waals surface area contributed by atoms with Crippen LogP contribution < -0.4 is 11.3 Å². The molecule has 0 saturated carbocycles. The standard InChI is InChI=1S/C12H14N4O5S/c13-9(22)4-1-16(10-6(4)11(20)15-3-14-10)12-8(19)7(18)5(2-17)21-12/h1,3,5,7-8,12,17-19H,2H2,(H2,13,22)(H,14,15,20)/t5-,7+,8-,12-/m0/s1. The van der Waals surface area contributed by atoms with Crippen molar-refractivity contribution in [3.8, 4) is 0 Å². The summed E-state index contributed by atoms with van der Waals surface area (Å²) in [6.07, 6.45) is -1.88. The average Bonchev–Trinajstić information content (AvgIpc) is 3.00. The fraction of sp³-hybridized carbons (Fsp3) is 0.417. The first kappa shape index (κ1) is 15.1. The molecule has 3 rings (SSSR count). The summed E-state index contributed by atoms with van der Waals surface area (Å²) < 4.78 is 6.82. The first-order valence-corrected chi connectivity index (χ1v) is 6.87. The maximum absolute atomic E-state index is 12.0. The summed E-state index contributed by atoms with van der Waals surface area (Å²) in [7, 11) is 0. The third-order valence-electron chi connectivity index (χ3n) is 3.67. The second-order valence-electron chi connectivity index (χ2n) is 4.97. The van der Waals surface area contributed by atoms with Gasteiger partial charge < -0.3 is 35.3 Å². The number of aromatic amines is 1. The Balaban J connectivity index is 2.18. The zero-order valence-corrected chi connectivity index (χ0v) is 12.0. The lowest BCUT2D eigenvalue weighted by Crippen LogP contribution is -2.33. The molecule has 22 heavy (non-hydrogen) atoms. The van der Waals surface area contributed by atoms with Gasteiger partial charge in [-0.25, -0.2) is 4.98 Å². The number of fused-ring (bicyclic) bond motifs is 1. The molecule has 0 radical (unpaired) electrons. The van der Waals surface area contributed by atoms with Gasteiger partial charge in [0.1, 0.15) is 28.9 Å². The Morgan fingerprint density at radius 1 is 1.50 bits per heavy atom. The lowest BCUT2D eigenvalue weighted by Gasteiger charge is -2.17. The van der Waals surface area contributed by atoms with Crippen molar-refractivity contribution in [1.29, 1.82) is 0 Å². The van der Waals surface area contributed by atoms with E-state index in [4.69, 9.17) is 27.8 Å². The molecular formula is C12H14N4O5S. The molecule has 0 aromatic carbocycles. The maximum atomic E-state index is 12.0. The molecule has 0 aliphatic carbocycles. The van der Waals surface area contributed by atoms with Gasteiger partial charge in [0.05, 0.1) is 18.3 Å². The number of aliphatic hydroxyl groups excluding tert-OH is 3. The van der Waals surface area contributed by atoms with E-state index in [-0.39, 0.29) is 21.6 Å². The van der Waals surface area contributed by atoms with Gasteiger partial charge in [0.15, 0.2) is 6.23 Å². The lowest BCUT2D eigenvalue weighted by atomic mass is 10.1. The number of hydrogen-bond acceptors (Lipinski definition) is 7. The smallest absolute Gasteiger partial charge is 0.260 e. The van der Waals surface area contributed by atoms with E-state index in [9.17, 15) is 15.0 Å². The van der Waals surface area contributed by atoms with Crippen LogP contribution in [0.2, 0.25) is 0 Å². The normalized spacial score (nSPS) is 28.3. The van der Waals surface area contributed by atoms with E-state index in [1.807, 2.05) is 0 Å². The minimum Gasteiger partial charge on any atom is -0.394 e. The van der Waals surface area contributed by atoms with Crippen molar-refractivity contribution in [2.75, 3.05) is 6.61 Å². The fourth-order valence-electron chi connectivity index (χ4n) is 2.58. The van der Waals surface area contributed by atoms with Crippen LogP contribution in [-0.2, 0) is 4.74 Å². The fourth-order valence-corrected chi connectivity index (χ4v) is 2.74. The van der Waals surface area contributed by atoms with Gasteiger partial charge in [-0.2, -0.15) is 0 Å². The van der Waals surface area contributed by atoms with Crippen molar-refractivity contribution in [1.82, 2.24) is 14.5 Å². The molecule has 2 aromatic rings. The van der Waals surface area contributed by atoms with Crippen molar-refractivity contribution in [3.05, 3.63) is 28.4 Å². The number of aliphatic hydroxyl groups is 3. The molecule has 118 valence electrons. The third-order valence-corrected chi connectivity index (χ3v) is 3.89. The number of aromatic nitrogens is 3. The summed E-state index contributed by atoms with van der Waals surface area (Å²) in [5.41, 5.74) is 5.69. The highest BCUT2D eigenvalue weighted by Gasteiger charge is 2.44. The van der Waals surface area contributed by atoms with Crippen LogP contribution in [-0.4, -0.2) is 59.8 Å². The van der Waals surface area contributed by atoms with Crippen LogP contribution in [0.3, 0.4) is 0 Å². The van der Waals surface area contributed by atoms with Crippen molar-refractivity contribution in [2.24, 2.45) is 5.73 Å². The quantitative estimate of drug-likeness (QED) is 0.406. The molecule has 9 nitrogen and oxygen atoms in total. The molecule has 6 N–H and O–H groups in total. The number of hydrogen-bond donors (Lipinski definition) is 5. The van der Waals surface area contributed by atoms with E-state index in [1.54, 1.807) is 0 Å². The molecule has 0 bridgehead atoms. The molecule has 1 aliphatic rings. The lowest BCUT2D eigenvalue weighted by molar-refractivity contribution is -0.0508. The Bertz CT molecular complexity index is 787. The van der Waals surface area contributed by atoms with Gasteiger partial charge in [0, 0.05) is 11.8 Å². The summed E-state index contributed by atoms with van der Waals surface area (Å²) in [5.74, 6) is 0. The molecule has 1 aliphatic heterocycles. The Hall–Kier alpha value is -1.85. The summed E-state index contributed by atoms with van der Waals surface area (Å²) in [4.78, 5) is 18.5. The number of nitrogens with one attached hydrogen (secondary N) is 1. The Labute approximate surface area is 129 Å².